The molecule has 2 rings (SSSR count). The number of hydrogen-bond donors (Lipinski definition) is 1. The quantitative estimate of drug-likeness (QED) is 0.896. The lowest BCUT2D eigenvalue weighted by molar-refractivity contribution is 0.174. The van der Waals surface area contributed by atoms with E-state index in [0.29, 0.717) is 11.3 Å². The molecule has 19 heavy (non-hydrogen) atoms. The number of hydrogen-bond acceptors (Lipinski definition) is 3. The van der Waals surface area contributed by atoms with Gasteiger partial charge < -0.3 is 10.5 Å². The zero-order valence-electron chi connectivity index (χ0n) is 11.1. The second-order valence-corrected chi connectivity index (χ2v) is 5.52. The van der Waals surface area contributed by atoms with Gasteiger partial charge in [-0.2, -0.15) is 0 Å². The largest absolute Gasteiger partial charge is 0.483 e. The monoisotopic (exact) mass is 279 g/mol. The van der Waals surface area contributed by atoms with E-state index < -0.39 is 0 Å². The SMILES string of the molecule is CCC(N)C(Oc1ccc(C)c(F)c1)c1cccs1. The highest BCUT2D eigenvalue weighted by Crippen LogP contribution is 2.29. The Labute approximate surface area is 117 Å². The Bertz CT molecular complexity index is 527. The van der Waals surface area contributed by atoms with Crippen LogP contribution in [0.15, 0.2) is 35.7 Å². The molecular weight excluding hydrogens is 261 g/mol. The lowest BCUT2D eigenvalue weighted by Crippen LogP contribution is -2.30. The normalized spacial score (nSPS) is 14.1. The van der Waals surface area contributed by atoms with Crippen LogP contribution in [0.25, 0.3) is 0 Å². The molecule has 2 unspecified atom stereocenters. The van der Waals surface area contributed by atoms with Gasteiger partial charge in [-0.3, -0.25) is 0 Å². The van der Waals surface area contributed by atoms with Crippen molar-refractivity contribution in [3.63, 3.8) is 0 Å². The molecule has 0 bridgehead atoms. The summed E-state index contributed by atoms with van der Waals surface area (Å²) < 4.78 is 19.4. The zero-order valence-corrected chi connectivity index (χ0v) is 11.9. The van der Waals surface area contributed by atoms with Gasteiger partial charge in [-0.15, -0.1) is 11.3 Å². The van der Waals surface area contributed by atoms with Crippen molar-refractivity contribution in [2.45, 2.75) is 32.4 Å². The van der Waals surface area contributed by atoms with Crippen LogP contribution in [0, 0.1) is 12.7 Å². The first-order valence-corrected chi connectivity index (χ1v) is 7.21. The predicted molar refractivity (Wildman–Crippen MR) is 77.1 cm³/mol. The zero-order chi connectivity index (χ0) is 13.8. The maximum atomic E-state index is 13.5. The first kappa shape index (κ1) is 14.0. The summed E-state index contributed by atoms with van der Waals surface area (Å²) in [5.74, 6) is 0.262. The minimum atomic E-state index is -0.257. The van der Waals surface area contributed by atoms with Crippen LogP contribution < -0.4 is 10.5 Å². The Kier molecular flexibility index (Phi) is 4.56. The highest BCUT2D eigenvalue weighted by molar-refractivity contribution is 7.10. The third-order valence-corrected chi connectivity index (χ3v) is 4.02. The van der Waals surface area contributed by atoms with E-state index in [0.717, 1.165) is 11.3 Å². The molecule has 0 fully saturated rings. The first-order valence-electron chi connectivity index (χ1n) is 6.33. The second-order valence-electron chi connectivity index (χ2n) is 4.54. The van der Waals surface area contributed by atoms with Crippen LogP contribution >= 0.6 is 11.3 Å². The third kappa shape index (κ3) is 3.33. The summed E-state index contributed by atoms with van der Waals surface area (Å²) in [6, 6.07) is 8.76. The van der Waals surface area contributed by atoms with Crippen molar-refractivity contribution in [3.8, 4) is 5.75 Å². The smallest absolute Gasteiger partial charge is 0.148 e. The summed E-state index contributed by atoms with van der Waals surface area (Å²) in [6.45, 7) is 3.75. The van der Waals surface area contributed by atoms with E-state index in [9.17, 15) is 4.39 Å². The fraction of sp³-hybridized carbons (Fsp3) is 0.333. The van der Waals surface area contributed by atoms with E-state index in [1.165, 1.54) is 6.07 Å². The topological polar surface area (TPSA) is 35.2 Å². The Morgan fingerprint density at radius 3 is 2.74 bits per heavy atom. The van der Waals surface area contributed by atoms with Crippen molar-refractivity contribution in [2.75, 3.05) is 0 Å². The molecule has 0 saturated heterocycles. The number of aryl methyl sites for hydroxylation is 1. The molecule has 1 aromatic carbocycles. The number of rotatable bonds is 5. The van der Waals surface area contributed by atoms with Crippen molar-refractivity contribution >= 4 is 11.3 Å². The summed E-state index contributed by atoms with van der Waals surface area (Å²) >= 11 is 1.60. The van der Waals surface area contributed by atoms with Gasteiger partial charge in [-0.1, -0.05) is 19.1 Å². The number of nitrogens with two attached hydrogens (primary N) is 1. The predicted octanol–water partition coefficient (Wildman–Crippen LogP) is 4.05. The lowest BCUT2D eigenvalue weighted by atomic mass is 10.1. The van der Waals surface area contributed by atoms with Crippen molar-refractivity contribution < 1.29 is 9.13 Å². The average Bonchev–Trinajstić information content (AvgIpc) is 2.93. The molecule has 102 valence electrons. The van der Waals surface area contributed by atoms with Crippen LogP contribution in [0.1, 0.15) is 29.9 Å². The Morgan fingerprint density at radius 2 is 2.16 bits per heavy atom. The summed E-state index contributed by atoms with van der Waals surface area (Å²) in [5.41, 5.74) is 6.72. The van der Waals surface area contributed by atoms with Crippen molar-refractivity contribution in [3.05, 3.63) is 52.0 Å². The fourth-order valence-corrected chi connectivity index (χ4v) is 2.65. The van der Waals surface area contributed by atoms with Crippen LogP contribution in [0.3, 0.4) is 0 Å². The summed E-state index contributed by atoms with van der Waals surface area (Å²) in [5, 5.41) is 1.99. The van der Waals surface area contributed by atoms with Gasteiger partial charge in [0.25, 0.3) is 0 Å². The maximum absolute atomic E-state index is 13.5. The minimum absolute atomic E-state index is 0.108. The molecule has 2 N–H and O–H groups in total. The van der Waals surface area contributed by atoms with Gasteiger partial charge in [-0.05, 0) is 36.4 Å². The molecule has 0 amide bonds. The van der Waals surface area contributed by atoms with Gasteiger partial charge in [0.2, 0.25) is 0 Å². The van der Waals surface area contributed by atoms with Gasteiger partial charge in [0.15, 0.2) is 0 Å². The molecule has 2 aromatic rings. The Morgan fingerprint density at radius 1 is 1.37 bits per heavy atom. The van der Waals surface area contributed by atoms with Gasteiger partial charge in [0.1, 0.15) is 17.7 Å². The molecule has 4 heteroatoms. The standard InChI is InChI=1S/C15H18FNOS/c1-3-13(17)15(14-5-4-8-19-14)18-11-7-6-10(2)12(16)9-11/h4-9,13,15H,3,17H2,1-2H3. The van der Waals surface area contributed by atoms with Crippen molar-refractivity contribution in [1.82, 2.24) is 0 Å². The van der Waals surface area contributed by atoms with E-state index in [-0.39, 0.29) is 18.0 Å². The number of ether oxygens (including phenoxy) is 1. The van der Waals surface area contributed by atoms with Gasteiger partial charge in [0, 0.05) is 17.0 Å². The third-order valence-electron chi connectivity index (χ3n) is 3.09. The molecule has 0 aliphatic heterocycles. The molecule has 0 aliphatic carbocycles. The molecule has 1 heterocycles. The highest BCUT2D eigenvalue weighted by atomic mass is 32.1. The highest BCUT2D eigenvalue weighted by Gasteiger charge is 2.21. The van der Waals surface area contributed by atoms with Crippen molar-refractivity contribution in [1.29, 1.82) is 0 Å². The van der Waals surface area contributed by atoms with Gasteiger partial charge in [-0.25, -0.2) is 4.39 Å². The summed E-state index contributed by atoms with van der Waals surface area (Å²) in [7, 11) is 0. The van der Waals surface area contributed by atoms with Gasteiger partial charge in [0.05, 0.1) is 0 Å². The molecule has 2 nitrogen and oxygen atoms in total. The Balaban J connectivity index is 2.23. The molecule has 0 spiro atoms. The molecule has 0 saturated carbocycles. The van der Waals surface area contributed by atoms with E-state index in [1.807, 2.05) is 24.4 Å². The summed E-state index contributed by atoms with van der Waals surface area (Å²) in [4.78, 5) is 1.07. The summed E-state index contributed by atoms with van der Waals surface area (Å²) in [6.07, 6.45) is 0.573. The maximum Gasteiger partial charge on any atom is 0.148 e. The number of benzene rings is 1. The number of halogens is 1. The molecule has 0 radical (unpaired) electrons. The molecular formula is C15H18FNOS. The van der Waals surface area contributed by atoms with Crippen LogP contribution in [0.4, 0.5) is 4.39 Å². The lowest BCUT2D eigenvalue weighted by Gasteiger charge is -2.23. The minimum Gasteiger partial charge on any atom is -0.483 e. The fourth-order valence-electron chi connectivity index (χ4n) is 1.82. The number of thiophene rings is 1. The van der Waals surface area contributed by atoms with Crippen molar-refractivity contribution in [2.24, 2.45) is 5.73 Å². The average molecular weight is 279 g/mol. The Hall–Kier alpha value is -1.39. The molecule has 0 aliphatic rings. The van der Waals surface area contributed by atoms with E-state index >= 15 is 0 Å². The van der Waals surface area contributed by atoms with Crippen LogP contribution in [0.2, 0.25) is 0 Å². The van der Waals surface area contributed by atoms with Crippen LogP contribution in [-0.2, 0) is 0 Å². The molecule has 1 aromatic heterocycles. The molecule has 2 atom stereocenters. The first-order chi connectivity index (χ1) is 9.11. The van der Waals surface area contributed by atoms with Gasteiger partial charge >= 0.3 is 0 Å². The van der Waals surface area contributed by atoms with E-state index in [1.54, 1.807) is 30.4 Å². The van der Waals surface area contributed by atoms with E-state index in [4.69, 9.17) is 10.5 Å². The van der Waals surface area contributed by atoms with Crippen LogP contribution in [-0.4, -0.2) is 6.04 Å². The van der Waals surface area contributed by atoms with E-state index in [2.05, 4.69) is 0 Å². The second kappa shape index (κ2) is 6.17. The van der Waals surface area contributed by atoms with Crippen LogP contribution in [0.5, 0.6) is 5.75 Å².